The molecule has 3 aromatic carbocycles. The second kappa shape index (κ2) is 7.45. The van der Waals surface area contributed by atoms with Crippen LogP contribution in [0, 0.1) is 0 Å². The first kappa shape index (κ1) is 16.4. The van der Waals surface area contributed by atoms with Crippen molar-refractivity contribution in [3.8, 4) is 0 Å². The molecule has 26 heavy (non-hydrogen) atoms. The van der Waals surface area contributed by atoms with E-state index in [2.05, 4.69) is 15.3 Å². The number of aromatic amines is 1. The number of thioether (sulfide) groups is 1. The lowest BCUT2D eigenvalue weighted by molar-refractivity contribution is 0.102. The Morgan fingerprint density at radius 2 is 1.65 bits per heavy atom. The highest BCUT2D eigenvalue weighted by molar-refractivity contribution is 7.98. The lowest BCUT2D eigenvalue weighted by atomic mass is 10.1. The van der Waals surface area contributed by atoms with Crippen molar-refractivity contribution in [2.24, 2.45) is 0 Å². The molecule has 1 amide bonds. The molecule has 0 spiro atoms. The lowest BCUT2D eigenvalue weighted by Crippen LogP contribution is -2.11. The van der Waals surface area contributed by atoms with E-state index < -0.39 is 0 Å². The Morgan fingerprint density at radius 3 is 2.42 bits per heavy atom. The standard InChI is InChI=1S/C21H17N3OS/c25-20(22-17-6-2-1-3-7-17)16-12-10-15(11-13-16)14-26-21-23-18-8-4-5-9-19(18)24-21/h1-13H,14H2,(H,22,25)(H,23,24). The molecule has 128 valence electrons. The van der Waals surface area contributed by atoms with E-state index >= 15 is 0 Å². The Bertz CT molecular complexity index is 993. The molecule has 0 aliphatic rings. The number of nitrogens with one attached hydrogen (secondary N) is 2. The predicted octanol–water partition coefficient (Wildman–Crippen LogP) is 5.11. The molecule has 1 aromatic heterocycles. The Hall–Kier alpha value is -3.05. The number of carbonyl (C=O) groups excluding carboxylic acids is 1. The van der Waals surface area contributed by atoms with Gasteiger partial charge in [0.25, 0.3) is 5.91 Å². The monoisotopic (exact) mass is 359 g/mol. The summed E-state index contributed by atoms with van der Waals surface area (Å²) in [6, 6.07) is 25.1. The third kappa shape index (κ3) is 3.78. The number of H-pyrrole nitrogens is 1. The third-order valence-corrected chi connectivity index (χ3v) is 4.94. The number of fused-ring (bicyclic) bond motifs is 1. The smallest absolute Gasteiger partial charge is 0.255 e. The van der Waals surface area contributed by atoms with Gasteiger partial charge < -0.3 is 10.3 Å². The van der Waals surface area contributed by atoms with Gasteiger partial charge >= 0.3 is 0 Å². The fourth-order valence-corrected chi connectivity index (χ4v) is 3.47. The van der Waals surface area contributed by atoms with Gasteiger partial charge in [-0.05, 0) is 42.0 Å². The van der Waals surface area contributed by atoms with E-state index in [1.807, 2.05) is 78.9 Å². The number of hydrogen-bond donors (Lipinski definition) is 2. The molecule has 5 heteroatoms. The van der Waals surface area contributed by atoms with Gasteiger partial charge in [0.05, 0.1) is 11.0 Å². The zero-order chi connectivity index (χ0) is 17.8. The van der Waals surface area contributed by atoms with Gasteiger partial charge in [-0.15, -0.1) is 0 Å². The van der Waals surface area contributed by atoms with Gasteiger partial charge in [0.15, 0.2) is 5.16 Å². The second-order valence-corrected chi connectivity index (χ2v) is 6.83. The molecular weight excluding hydrogens is 342 g/mol. The minimum absolute atomic E-state index is 0.104. The fraction of sp³-hybridized carbons (Fsp3) is 0.0476. The summed E-state index contributed by atoms with van der Waals surface area (Å²) in [4.78, 5) is 20.1. The van der Waals surface area contributed by atoms with Gasteiger partial charge in [0.1, 0.15) is 0 Å². The SMILES string of the molecule is O=C(Nc1ccccc1)c1ccc(CSc2nc3ccccc3[nH]2)cc1. The Labute approximate surface area is 155 Å². The molecule has 0 fully saturated rings. The molecule has 0 atom stereocenters. The van der Waals surface area contributed by atoms with Gasteiger partial charge in [-0.1, -0.05) is 54.2 Å². The fourth-order valence-electron chi connectivity index (χ4n) is 2.63. The molecule has 0 unspecified atom stereocenters. The first-order valence-electron chi connectivity index (χ1n) is 8.31. The van der Waals surface area contributed by atoms with Crippen LogP contribution in [0.15, 0.2) is 84.0 Å². The quantitative estimate of drug-likeness (QED) is 0.487. The molecule has 2 N–H and O–H groups in total. The van der Waals surface area contributed by atoms with Crippen LogP contribution in [0.3, 0.4) is 0 Å². The van der Waals surface area contributed by atoms with Gasteiger partial charge in [0.2, 0.25) is 0 Å². The normalized spacial score (nSPS) is 10.8. The summed E-state index contributed by atoms with van der Waals surface area (Å²) < 4.78 is 0. The van der Waals surface area contributed by atoms with Crippen LogP contribution >= 0.6 is 11.8 Å². The summed E-state index contributed by atoms with van der Waals surface area (Å²) in [5, 5.41) is 3.79. The van der Waals surface area contributed by atoms with Crippen molar-refractivity contribution >= 4 is 34.4 Å². The molecule has 0 aliphatic heterocycles. The third-order valence-electron chi connectivity index (χ3n) is 3.99. The van der Waals surface area contributed by atoms with Gasteiger partial charge in [-0.25, -0.2) is 4.98 Å². The van der Waals surface area contributed by atoms with E-state index in [1.165, 1.54) is 0 Å². The van der Waals surface area contributed by atoms with Gasteiger partial charge in [0, 0.05) is 17.0 Å². The number of benzene rings is 3. The van der Waals surface area contributed by atoms with Crippen LogP contribution in [0.2, 0.25) is 0 Å². The molecule has 4 nitrogen and oxygen atoms in total. The number of aromatic nitrogens is 2. The van der Waals surface area contributed by atoms with Crippen LogP contribution < -0.4 is 5.32 Å². The first-order chi connectivity index (χ1) is 12.8. The van der Waals surface area contributed by atoms with Crippen molar-refractivity contribution in [2.75, 3.05) is 5.32 Å². The van der Waals surface area contributed by atoms with Crippen LogP contribution in [0.25, 0.3) is 11.0 Å². The van der Waals surface area contributed by atoms with Crippen LogP contribution in [0.5, 0.6) is 0 Å². The average molecular weight is 359 g/mol. The van der Waals surface area contributed by atoms with Crippen molar-refractivity contribution in [1.82, 2.24) is 9.97 Å². The van der Waals surface area contributed by atoms with Gasteiger partial charge in [-0.3, -0.25) is 4.79 Å². The summed E-state index contributed by atoms with van der Waals surface area (Å²) in [6.45, 7) is 0. The maximum atomic E-state index is 12.3. The maximum Gasteiger partial charge on any atom is 0.255 e. The van der Waals surface area contributed by atoms with Crippen molar-refractivity contribution in [2.45, 2.75) is 10.9 Å². The topological polar surface area (TPSA) is 57.8 Å². The van der Waals surface area contributed by atoms with E-state index in [9.17, 15) is 4.79 Å². The minimum atomic E-state index is -0.104. The van der Waals surface area contributed by atoms with Crippen molar-refractivity contribution in [3.63, 3.8) is 0 Å². The Kier molecular flexibility index (Phi) is 4.71. The number of nitrogens with zero attached hydrogens (tertiary/aromatic N) is 1. The summed E-state index contributed by atoms with van der Waals surface area (Å²) >= 11 is 1.65. The zero-order valence-corrected chi connectivity index (χ0v) is 14.8. The number of hydrogen-bond acceptors (Lipinski definition) is 3. The highest BCUT2D eigenvalue weighted by Crippen LogP contribution is 2.23. The zero-order valence-electron chi connectivity index (χ0n) is 14.0. The van der Waals surface area contributed by atoms with Crippen LogP contribution in [-0.4, -0.2) is 15.9 Å². The molecular formula is C21H17N3OS. The summed E-state index contributed by atoms with van der Waals surface area (Å²) in [7, 11) is 0. The lowest BCUT2D eigenvalue weighted by Gasteiger charge is -2.06. The minimum Gasteiger partial charge on any atom is -0.333 e. The largest absolute Gasteiger partial charge is 0.333 e. The maximum absolute atomic E-state index is 12.3. The molecule has 4 rings (SSSR count). The van der Waals surface area contributed by atoms with E-state index in [4.69, 9.17) is 0 Å². The molecule has 0 bridgehead atoms. The highest BCUT2D eigenvalue weighted by Gasteiger charge is 2.07. The van der Waals surface area contributed by atoms with Crippen molar-refractivity contribution < 1.29 is 4.79 Å². The number of amides is 1. The number of para-hydroxylation sites is 3. The Morgan fingerprint density at radius 1 is 0.923 bits per heavy atom. The van der Waals surface area contributed by atoms with E-state index in [0.29, 0.717) is 5.56 Å². The predicted molar refractivity (Wildman–Crippen MR) is 106 cm³/mol. The second-order valence-electron chi connectivity index (χ2n) is 5.86. The van der Waals surface area contributed by atoms with Crippen molar-refractivity contribution in [1.29, 1.82) is 0 Å². The molecule has 1 heterocycles. The number of carbonyl (C=O) groups is 1. The first-order valence-corrected chi connectivity index (χ1v) is 9.29. The number of imidazole rings is 1. The molecule has 0 saturated heterocycles. The molecule has 0 saturated carbocycles. The van der Waals surface area contributed by atoms with Crippen molar-refractivity contribution in [3.05, 3.63) is 90.0 Å². The molecule has 4 aromatic rings. The molecule has 0 aliphatic carbocycles. The Balaban J connectivity index is 1.38. The number of anilines is 1. The van der Waals surface area contributed by atoms with Crippen LogP contribution in [0.4, 0.5) is 5.69 Å². The summed E-state index contributed by atoms with van der Waals surface area (Å²) in [5.74, 6) is 0.688. The van der Waals surface area contributed by atoms with E-state index in [1.54, 1.807) is 11.8 Å². The summed E-state index contributed by atoms with van der Waals surface area (Å²) in [6.07, 6.45) is 0. The number of rotatable bonds is 5. The van der Waals surface area contributed by atoms with Gasteiger partial charge in [-0.2, -0.15) is 0 Å². The van der Waals surface area contributed by atoms with E-state index in [0.717, 1.165) is 33.2 Å². The molecule has 0 radical (unpaired) electrons. The van der Waals surface area contributed by atoms with Crippen LogP contribution in [-0.2, 0) is 5.75 Å². The summed E-state index contributed by atoms with van der Waals surface area (Å²) in [5.41, 5.74) is 4.60. The van der Waals surface area contributed by atoms with Crippen LogP contribution in [0.1, 0.15) is 15.9 Å². The average Bonchev–Trinajstić information content (AvgIpc) is 3.10. The highest BCUT2D eigenvalue weighted by atomic mass is 32.2. The van der Waals surface area contributed by atoms with E-state index in [-0.39, 0.29) is 5.91 Å².